The topological polar surface area (TPSA) is 169 Å². The summed E-state index contributed by atoms with van der Waals surface area (Å²) in [5.74, 6) is -1.88. The van der Waals surface area contributed by atoms with Gasteiger partial charge < -0.3 is 20.4 Å². The van der Waals surface area contributed by atoms with Crippen LogP contribution in [0.3, 0.4) is 0 Å². The number of hydrogen-bond acceptors (Lipinski definition) is 8. The zero-order valence-electron chi connectivity index (χ0n) is 21.3. The van der Waals surface area contributed by atoms with E-state index < -0.39 is 11.8 Å². The van der Waals surface area contributed by atoms with Crippen molar-refractivity contribution >= 4 is 88.0 Å². The predicted octanol–water partition coefficient (Wildman–Crippen LogP) is 5.51. The second-order valence-electron chi connectivity index (χ2n) is 8.04. The average molecular weight is 885 g/mol. The molecule has 4 aromatic rings. The zero-order valence-corrected chi connectivity index (χ0v) is 28.7. The third-order valence-electron chi connectivity index (χ3n) is 5.11. The van der Waals surface area contributed by atoms with E-state index >= 15 is 0 Å². The van der Waals surface area contributed by atoms with E-state index in [9.17, 15) is 30.0 Å². The van der Waals surface area contributed by atoms with Crippen LogP contribution >= 0.6 is 63.7 Å². The molecule has 0 saturated heterocycles. The Kier molecular flexibility index (Phi) is 14.4. The van der Waals surface area contributed by atoms with E-state index in [4.69, 9.17) is 0 Å². The van der Waals surface area contributed by atoms with Crippen LogP contribution in [0.2, 0.25) is 0 Å². The monoisotopic (exact) mass is 880 g/mol. The van der Waals surface area contributed by atoms with Crippen molar-refractivity contribution in [1.82, 2.24) is 10.9 Å². The van der Waals surface area contributed by atoms with Gasteiger partial charge in [0.1, 0.15) is 11.5 Å². The van der Waals surface area contributed by atoms with Gasteiger partial charge in [-0.3, -0.25) is 9.59 Å². The van der Waals surface area contributed by atoms with E-state index in [1.807, 2.05) is 0 Å². The summed E-state index contributed by atoms with van der Waals surface area (Å²) in [4.78, 5) is 23.6. The van der Waals surface area contributed by atoms with Gasteiger partial charge in [-0.05, 0) is 59.7 Å². The fourth-order valence-corrected chi connectivity index (χ4v) is 5.64. The van der Waals surface area contributed by atoms with Crippen molar-refractivity contribution in [2.24, 2.45) is 10.2 Å². The van der Waals surface area contributed by atoms with E-state index in [0.29, 0.717) is 29.0 Å². The number of rotatable bonds is 6. The van der Waals surface area contributed by atoms with Crippen molar-refractivity contribution < 1.29 is 46.5 Å². The van der Waals surface area contributed by atoms with Crippen LogP contribution in [-0.4, -0.2) is 34.5 Å². The summed E-state index contributed by atoms with van der Waals surface area (Å²) in [6.07, 6.45) is 2.49. The summed E-state index contributed by atoms with van der Waals surface area (Å²) in [5.41, 5.74) is 5.35. The number of amides is 2. The van der Waals surface area contributed by atoms with Gasteiger partial charge >= 0.3 is 16.5 Å². The van der Waals surface area contributed by atoms with Crippen molar-refractivity contribution in [1.29, 1.82) is 0 Å². The fraction of sp³-hybridized carbons (Fsp3) is 0. The summed E-state index contributed by atoms with van der Waals surface area (Å²) in [6.45, 7) is 0. The smallest absolute Gasteiger partial charge is 0.871 e. The van der Waals surface area contributed by atoms with Crippen LogP contribution in [0.15, 0.2) is 101 Å². The Morgan fingerprint density at radius 3 is 1.35 bits per heavy atom. The van der Waals surface area contributed by atoms with Crippen LogP contribution in [0.1, 0.15) is 31.8 Å². The van der Waals surface area contributed by atoms with Crippen molar-refractivity contribution in [2.45, 2.75) is 0 Å². The molecule has 0 aliphatic rings. The molecule has 43 heavy (non-hydrogen) atoms. The molecule has 4 N–H and O–H groups in total. The molecule has 0 bridgehead atoms. The van der Waals surface area contributed by atoms with Gasteiger partial charge in [-0.2, -0.15) is 10.2 Å². The molecule has 0 spiro atoms. The molecule has 0 saturated carbocycles. The standard InChI is InChI=1S/2C14H10Br2N2O3.Ni/c2*15-9-5-8(13(20)11(16)6-9)7-17-18-14(21)10-3-1-2-4-12(10)19;/h2*1-7,19-20H,(H,18,21);/q;;+2/p-2. The first-order valence-corrected chi connectivity index (χ1v) is 14.7. The minimum atomic E-state index is -0.564. The quantitative estimate of drug-likeness (QED) is 0.113. The van der Waals surface area contributed by atoms with E-state index in [2.05, 4.69) is 84.8 Å². The number of hydrazone groups is 2. The summed E-state index contributed by atoms with van der Waals surface area (Å²) in [6, 6.07) is 18.6. The number of aromatic hydroxyl groups is 2. The second kappa shape index (κ2) is 17.2. The van der Waals surface area contributed by atoms with E-state index in [1.54, 1.807) is 48.5 Å². The van der Waals surface area contributed by atoms with Crippen LogP contribution in [-0.2, 0) is 16.5 Å². The molecule has 0 heterocycles. The number of phenolic OH excluding ortho intramolecular Hbond substituents is 2. The Balaban J connectivity index is 0.000000293. The van der Waals surface area contributed by atoms with Crippen molar-refractivity contribution in [3.63, 3.8) is 0 Å². The average Bonchev–Trinajstić information content (AvgIpc) is 2.94. The van der Waals surface area contributed by atoms with Gasteiger partial charge in [-0.15, -0.1) is 0 Å². The Labute approximate surface area is 289 Å². The van der Waals surface area contributed by atoms with Crippen LogP contribution in [0, 0.1) is 0 Å². The molecule has 15 heteroatoms. The Bertz CT molecular complexity index is 1560. The van der Waals surface area contributed by atoms with Gasteiger partial charge in [0.25, 0.3) is 11.8 Å². The fourth-order valence-electron chi connectivity index (χ4n) is 3.12. The molecular weight excluding hydrogens is 867 g/mol. The van der Waals surface area contributed by atoms with Crippen molar-refractivity contribution in [3.8, 4) is 23.0 Å². The number of para-hydroxylation sites is 2. The third kappa shape index (κ3) is 10.5. The first-order valence-electron chi connectivity index (χ1n) is 11.5. The molecule has 0 aromatic heterocycles. The summed E-state index contributed by atoms with van der Waals surface area (Å²) < 4.78 is 2.21. The predicted molar refractivity (Wildman–Crippen MR) is 169 cm³/mol. The maximum atomic E-state index is 11.8. The SMILES string of the molecule is O=C(NN=Cc1cc(Br)cc(Br)c1[O-])c1ccccc1O.O=C(NN=Cc1cc(Br)cc(Br)c1[O-])c1ccccc1O.[Ni+2]. The number of halogens is 4. The van der Waals surface area contributed by atoms with E-state index in [0.717, 1.165) is 0 Å². The third-order valence-corrected chi connectivity index (χ3v) is 7.20. The number of carbonyl (C=O) groups excluding carboxylic acids is 2. The largest absolute Gasteiger partial charge is 2.00 e. The number of hydrogen-bond donors (Lipinski definition) is 4. The number of carbonyl (C=O) groups is 2. The molecule has 10 nitrogen and oxygen atoms in total. The first kappa shape index (κ1) is 36.0. The van der Waals surface area contributed by atoms with Gasteiger partial charge in [0, 0.05) is 17.9 Å². The molecule has 0 radical (unpaired) electrons. The van der Waals surface area contributed by atoms with Gasteiger partial charge in [0.2, 0.25) is 0 Å². The van der Waals surface area contributed by atoms with Crippen molar-refractivity contribution in [3.05, 3.63) is 113 Å². The molecule has 0 fully saturated rings. The van der Waals surface area contributed by atoms with Crippen LogP contribution in [0.5, 0.6) is 23.0 Å². The Morgan fingerprint density at radius 2 is 1.00 bits per heavy atom. The zero-order chi connectivity index (χ0) is 30.8. The van der Waals surface area contributed by atoms with Gasteiger partial charge in [-0.1, -0.05) is 99.5 Å². The minimum absolute atomic E-state index is 0. The summed E-state index contributed by atoms with van der Waals surface area (Å²) in [7, 11) is 0. The van der Waals surface area contributed by atoms with Gasteiger partial charge in [0.15, 0.2) is 0 Å². The first-order chi connectivity index (χ1) is 20.0. The molecule has 0 aliphatic carbocycles. The normalized spacial score (nSPS) is 10.5. The van der Waals surface area contributed by atoms with E-state index in [1.165, 1.54) is 36.7 Å². The van der Waals surface area contributed by atoms with Crippen LogP contribution < -0.4 is 21.1 Å². The molecule has 224 valence electrons. The Hall–Kier alpha value is -3.23. The summed E-state index contributed by atoms with van der Waals surface area (Å²) >= 11 is 12.8. The maximum Gasteiger partial charge on any atom is 2.00 e. The second-order valence-corrected chi connectivity index (χ2v) is 11.6. The van der Waals surface area contributed by atoms with Crippen LogP contribution in [0.4, 0.5) is 0 Å². The molecule has 0 aliphatic heterocycles. The molecular formula is C28H18Br4N4NiO6. The molecule has 0 atom stereocenters. The number of benzene rings is 4. The molecule has 4 rings (SSSR count). The van der Waals surface area contributed by atoms with Crippen molar-refractivity contribution in [2.75, 3.05) is 0 Å². The van der Waals surface area contributed by atoms with Crippen LogP contribution in [0.25, 0.3) is 0 Å². The van der Waals surface area contributed by atoms with Gasteiger partial charge in [-0.25, -0.2) is 10.9 Å². The number of nitrogens with zero attached hydrogens (tertiary/aromatic N) is 2. The Morgan fingerprint density at radius 1 is 0.651 bits per heavy atom. The number of nitrogens with one attached hydrogen (secondary N) is 2. The minimum Gasteiger partial charge on any atom is -0.871 e. The molecule has 0 unspecified atom stereocenters. The number of phenols is 2. The molecule has 2 amide bonds. The maximum absolute atomic E-state index is 11.8. The molecule has 4 aromatic carbocycles. The van der Waals surface area contributed by atoms with Gasteiger partial charge in [0.05, 0.1) is 23.6 Å². The summed E-state index contributed by atoms with van der Waals surface area (Å²) in [5, 5.41) is 50.1. The van der Waals surface area contributed by atoms with E-state index in [-0.39, 0.29) is 50.6 Å².